The van der Waals surface area contributed by atoms with Gasteiger partial charge in [-0.05, 0) is 12.5 Å². The molecular weight excluding hydrogens is 248 g/mol. The lowest BCUT2D eigenvalue weighted by atomic mass is 10.1. The van der Waals surface area contributed by atoms with E-state index in [9.17, 15) is 20.0 Å². The Labute approximate surface area is 102 Å². The summed E-state index contributed by atoms with van der Waals surface area (Å²) in [5.41, 5.74) is -0.430. The number of amides is 1. The van der Waals surface area contributed by atoms with Crippen LogP contribution in [0.15, 0.2) is 12.1 Å². The van der Waals surface area contributed by atoms with Crippen molar-refractivity contribution in [3.8, 4) is 5.75 Å². The second kappa shape index (κ2) is 4.21. The highest BCUT2D eigenvalue weighted by Gasteiger charge is 2.26. The Hall–Kier alpha value is -1.82. The van der Waals surface area contributed by atoms with Crippen molar-refractivity contribution in [3.05, 3.63) is 32.8 Å². The first-order valence-electron chi connectivity index (χ1n) is 4.97. The molecule has 1 aromatic rings. The van der Waals surface area contributed by atoms with Gasteiger partial charge >= 0.3 is 5.69 Å². The molecule has 1 aromatic carbocycles. The molecule has 17 heavy (non-hydrogen) atoms. The number of aromatic hydroxyl groups is 1. The SMILES string of the molecule is O=C(c1cc(Cl)c(O)c([N+](=O)[O-])c1)N1CCC1. The van der Waals surface area contributed by atoms with Crippen LogP contribution in [-0.4, -0.2) is 33.9 Å². The van der Waals surface area contributed by atoms with Crippen LogP contribution in [0.3, 0.4) is 0 Å². The normalized spacial score (nSPS) is 14.3. The number of phenolic OH excluding ortho intramolecular Hbond substituents is 1. The van der Waals surface area contributed by atoms with Crippen LogP contribution >= 0.6 is 11.6 Å². The molecule has 0 saturated carbocycles. The zero-order valence-electron chi connectivity index (χ0n) is 8.72. The fourth-order valence-electron chi connectivity index (χ4n) is 1.55. The molecule has 0 aromatic heterocycles. The molecule has 1 aliphatic rings. The van der Waals surface area contributed by atoms with Crippen LogP contribution in [0.5, 0.6) is 5.75 Å². The van der Waals surface area contributed by atoms with E-state index in [1.165, 1.54) is 6.07 Å². The van der Waals surface area contributed by atoms with Crippen molar-refractivity contribution in [2.45, 2.75) is 6.42 Å². The van der Waals surface area contributed by atoms with Crippen molar-refractivity contribution in [2.24, 2.45) is 0 Å². The number of benzene rings is 1. The highest BCUT2D eigenvalue weighted by molar-refractivity contribution is 6.32. The first kappa shape index (κ1) is 11.7. The van der Waals surface area contributed by atoms with Crippen molar-refractivity contribution >= 4 is 23.2 Å². The van der Waals surface area contributed by atoms with Gasteiger partial charge < -0.3 is 10.0 Å². The summed E-state index contributed by atoms with van der Waals surface area (Å²) in [6, 6.07) is 2.28. The van der Waals surface area contributed by atoms with Crippen LogP contribution in [-0.2, 0) is 0 Å². The van der Waals surface area contributed by atoms with E-state index >= 15 is 0 Å². The standard InChI is InChI=1S/C10H9ClN2O4/c11-7-4-6(10(15)12-2-1-3-12)5-8(9(7)14)13(16)17/h4-5,14H,1-3H2. The number of hydrogen-bond acceptors (Lipinski definition) is 4. The number of nitro groups is 1. The third-order valence-electron chi connectivity index (χ3n) is 2.63. The van der Waals surface area contributed by atoms with Gasteiger partial charge in [0, 0.05) is 24.7 Å². The lowest BCUT2D eigenvalue weighted by Gasteiger charge is -2.30. The van der Waals surface area contributed by atoms with E-state index in [1.807, 2.05) is 0 Å². The minimum atomic E-state index is -0.770. The summed E-state index contributed by atoms with van der Waals surface area (Å²) in [7, 11) is 0. The lowest BCUT2D eigenvalue weighted by molar-refractivity contribution is -0.385. The molecule has 0 spiro atoms. The van der Waals surface area contributed by atoms with E-state index < -0.39 is 16.4 Å². The maximum Gasteiger partial charge on any atom is 0.313 e. The van der Waals surface area contributed by atoms with Crippen molar-refractivity contribution in [3.63, 3.8) is 0 Å². The molecule has 0 aliphatic carbocycles. The molecule has 1 fully saturated rings. The summed E-state index contributed by atoms with van der Waals surface area (Å²) in [6.07, 6.45) is 0.930. The fourth-order valence-corrected chi connectivity index (χ4v) is 1.76. The minimum absolute atomic E-state index is 0.124. The second-order valence-corrected chi connectivity index (χ2v) is 4.14. The van der Waals surface area contributed by atoms with Crippen LogP contribution in [0.1, 0.15) is 16.8 Å². The van der Waals surface area contributed by atoms with E-state index in [0.29, 0.717) is 13.1 Å². The zero-order chi connectivity index (χ0) is 12.6. The van der Waals surface area contributed by atoms with E-state index in [-0.39, 0.29) is 16.5 Å². The van der Waals surface area contributed by atoms with E-state index in [0.717, 1.165) is 12.5 Å². The highest BCUT2D eigenvalue weighted by Crippen LogP contribution is 2.35. The average Bonchev–Trinajstić information content (AvgIpc) is 2.18. The molecular formula is C10H9ClN2O4. The number of rotatable bonds is 2. The molecule has 6 nitrogen and oxygen atoms in total. The van der Waals surface area contributed by atoms with Gasteiger partial charge in [-0.3, -0.25) is 14.9 Å². The van der Waals surface area contributed by atoms with Gasteiger partial charge in [0.25, 0.3) is 5.91 Å². The topological polar surface area (TPSA) is 83.7 Å². The Kier molecular flexibility index (Phi) is 2.89. The number of hydrogen-bond donors (Lipinski definition) is 1. The van der Waals surface area contributed by atoms with Crippen LogP contribution in [0.25, 0.3) is 0 Å². The van der Waals surface area contributed by atoms with Crippen molar-refractivity contribution in [2.75, 3.05) is 13.1 Å². The Bertz CT molecular complexity index is 499. The summed E-state index contributed by atoms with van der Waals surface area (Å²) in [4.78, 5) is 23.3. The van der Waals surface area contributed by atoms with Gasteiger partial charge in [-0.25, -0.2) is 0 Å². The molecule has 0 unspecified atom stereocenters. The number of halogens is 1. The number of likely N-dealkylation sites (tertiary alicyclic amines) is 1. The number of nitrogens with zero attached hydrogens (tertiary/aromatic N) is 2. The molecule has 0 radical (unpaired) electrons. The number of nitro benzene ring substituents is 1. The molecule has 2 rings (SSSR count). The van der Waals surface area contributed by atoms with Gasteiger partial charge in [0.15, 0.2) is 0 Å². The molecule has 1 heterocycles. The third-order valence-corrected chi connectivity index (χ3v) is 2.92. The molecule has 1 aliphatic heterocycles. The summed E-state index contributed by atoms with van der Waals surface area (Å²) in [5, 5.41) is 19.9. The Morgan fingerprint density at radius 2 is 2.12 bits per heavy atom. The highest BCUT2D eigenvalue weighted by atomic mass is 35.5. The summed E-state index contributed by atoms with van der Waals surface area (Å²) in [5.74, 6) is -0.918. The summed E-state index contributed by atoms with van der Waals surface area (Å²) >= 11 is 5.65. The van der Waals surface area contributed by atoms with E-state index in [1.54, 1.807) is 4.90 Å². The molecule has 1 N–H and O–H groups in total. The van der Waals surface area contributed by atoms with Gasteiger partial charge in [-0.15, -0.1) is 0 Å². The van der Waals surface area contributed by atoms with Crippen LogP contribution in [0.2, 0.25) is 5.02 Å². The van der Waals surface area contributed by atoms with Gasteiger partial charge in [-0.2, -0.15) is 0 Å². The van der Waals surface area contributed by atoms with Gasteiger partial charge in [0.2, 0.25) is 5.75 Å². The maximum atomic E-state index is 11.8. The number of carbonyl (C=O) groups excluding carboxylic acids is 1. The Morgan fingerprint density at radius 1 is 1.47 bits per heavy atom. The van der Waals surface area contributed by atoms with Gasteiger partial charge in [0.05, 0.1) is 9.95 Å². The molecule has 0 atom stereocenters. The Morgan fingerprint density at radius 3 is 2.59 bits per heavy atom. The largest absolute Gasteiger partial charge is 0.501 e. The first-order chi connectivity index (χ1) is 8.00. The van der Waals surface area contributed by atoms with Crippen LogP contribution in [0.4, 0.5) is 5.69 Å². The quantitative estimate of drug-likeness (QED) is 0.646. The van der Waals surface area contributed by atoms with Crippen molar-refractivity contribution in [1.29, 1.82) is 0 Å². The Balaban J connectivity index is 2.41. The van der Waals surface area contributed by atoms with Crippen molar-refractivity contribution in [1.82, 2.24) is 4.90 Å². The van der Waals surface area contributed by atoms with Crippen LogP contribution < -0.4 is 0 Å². The van der Waals surface area contributed by atoms with Crippen molar-refractivity contribution < 1.29 is 14.8 Å². The summed E-state index contributed by atoms with van der Waals surface area (Å²) in [6.45, 7) is 1.29. The van der Waals surface area contributed by atoms with Gasteiger partial charge in [-0.1, -0.05) is 11.6 Å². The smallest absolute Gasteiger partial charge is 0.313 e. The third kappa shape index (κ3) is 2.03. The molecule has 1 saturated heterocycles. The first-order valence-corrected chi connectivity index (χ1v) is 5.34. The molecule has 7 heteroatoms. The minimum Gasteiger partial charge on any atom is -0.501 e. The fraction of sp³-hybridized carbons (Fsp3) is 0.300. The number of phenols is 1. The average molecular weight is 257 g/mol. The van der Waals surface area contributed by atoms with Gasteiger partial charge in [0.1, 0.15) is 0 Å². The molecule has 1 amide bonds. The van der Waals surface area contributed by atoms with Crippen LogP contribution in [0, 0.1) is 10.1 Å². The molecule has 90 valence electrons. The summed E-state index contributed by atoms with van der Waals surface area (Å²) < 4.78 is 0. The second-order valence-electron chi connectivity index (χ2n) is 3.73. The van der Waals surface area contributed by atoms with E-state index in [4.69, 9.17) is 11.6 Å². The maximum absolute atomic E-state index is 11.8. The zero-order valence-corrected chi connectivity index (χ0v) is 9.48. The predicted octanol–water partition coefficient (Wildman–Crippen LogP) is 1.80. The monoisotopic (exact) mass is 256 g/mol. The lowest BCUT2D eigenvalue weighted by Crippen LogP contribution is -2.42. The molecule has 0 bridgehead atoms. The number of carbonyl (C=O) groups is 1. The predicted molar refractivity (Wildman–Crippen MR) is 60.3 cm³/mol. The van der Waals surface area contributed by atoms with E-state index in [2.05, 4.69) is 0 Å².